The molecule has 0 saturated carbocycles. The first-order valence-corrected chi connectivity index (χ1v) is 10.9. The Morgan fingerprint density at radius 3 is 2.63 bits per heavy atom. The van der Waals surface area contributed by atoms with Gasteiger partial charge in [0.1, 0.15) is 10.6 Å². The van der Waals surface area contributed by atoms with Gasteiger partial charge in [0.05, 0.1) is 18.3 Å². The normalized spacial score (nSPS) is 13.4. The van der Waals surface area contributed by atoms with Crippen LogP contribution in [0, 0.1) is 5.82 Å². The summed E-state index contributed by atoms with van der Waals surface area (Å²) < 4.78 is 14.6. The van der Waals surface area contributed by atoms with Crippen LogP contribution < -0.4 is 5.56 Å². The molecule has 0 amide bonds. The Morgan fingerprint density at radius 2 is 1.83 bits per heavy atom. The maximum Gasteiger partial charge on any atom is 0.263 e. The molecule has 0 aliphatic heterocycles. The number of ketones is 1. The highest BCUT2D eigenvalue weighted by atomic mass is 32.1. The maximum atomic E-state index is 13.3. The molecule has 2 aromatic heterocycles. The van der Waals surface area contributed by atoms with Crippen LogP contribution in [0.3, 0.4) is 0 Å². The van der Waals surface area contributed by atoms with Gasteiger partial charge in [-0.2, -0.15) is 0 Å². The molecule has 30 heavy (non-hydrogen) atoms. The summed E-state index contributed by atoms with van der Waals surface area (Å²) in [4.78, 5) is 31.0. The van der Waals surface area contributed by atoms with Gasteiger partial charge in [-0.25, -0.2) is 9.37 Å². The molecule has 0 radical (unpaired) electrons. The number of aryl methyl sites for hydroxylation is 2. The molecule has 5 rings (SSSR count). The Morgan fingerprint density at radius 1 is 1.07 bits per heavy atom. The lowest BCUT2D eigenvalue weighted by molar-refractivity contribution is 0.0970. The number of nitrogens with zero attached hydrogens (tertiary/aromatic N) is 2. The predicted molar refractivity (Wildman–Crippen MR) is 117 cm³/mol. The van der Waals surface area contributed by atoms with E-state index in [0.717, 1.165) is 24.8 Å². The summed E-state index contributed by atoms with van der Waals surface area (Å²) in [5.74, 6) is -0.436. The quantitative estimate of drug-likeness (QED) is 0.437. The lowest BCUT2D eigenvalue weighted by atomic mass is 9.90. The smallest absolute Gasteiger partial charge is 0.263 e. The van der Waals surface area contributed by atoms with Crippen molar-refractivity contribution in [3.05, 3.63) is 87.0 Å². The summed E-state index contributed by atoms with van der Waals surface area (Å²) in [7, 11) is 0. The second-order valence-corrected chi connectivity index (χ2v) is 8.49. The van der Waals surface area contributed by atoms with Gasteiger partial charge < -0.3 is 0 Å². The van der Waals surface area contributed by atoms with Gasteiger partial charge in [0.25, 0.3) is 5.56 Å². The van der Waals surface area contributed by atoms with Crippen LogP contribution in [0.25, 0.3) is 21.3 Å². The van der Waals surface area contributed by atoms with Crippen LogP contribution >= 0.6 is 11.3 Å². The average molecular weight is 418 g/mol. The third-order valence-electron chi connectivity index (χ3n) is 5.70. The van der Waals surface area contributed by atoms with E-state index in [1.165, 1.54) is 51.9 Å². The van der Waals surface area contributed by atoms with Crippen molar-refractivity contribution in [2.24, 2.45) is 0 Å². The Balaban J connectivity index is 1.50. The van der Waals surface area contributed by atoms with E-state index in [1.807, 2.05) is 23.6 Å². The molecule has 0 unspecified atom stereocenters. The van der Waals surface area contributed by atoms with Crippen molar-refractivity contribution in [3.8, 4) is 11.1 Å². The van der Waals surface area contributed by atoms with E-state index < -0.39 is 0 Å². The van der Waals surface area contributed by atoms with Crippen molar-refractivity contribution in [1.29, 1.82) is 0 Å². The molecule has 0 bridgehead atoms. The summed E-state index contributed by atoms with van der Waals surface area (Å²) >= 11 is 1.36. The minimum atomic E-state index is -0.329. The minimum Gasteiger partial charge on any atom is -0.292 e. The molecule has 2 aromatic carbocycles. The first kappa shape index (κ1) is 18.9. The highest BCUT2D eigenvalue weighted by Crippen LogP contribution is 2.30. The molecule has 4 aromatic rings. The molecular formula is C24H19FN2O2S. The molecule has 0 N–H and O–H groups in total. The van der Waals surface area contributed by atoms with Crippen LogP contribution in [0.2, 0.25) is 0 Å². The van der Waals surface area contributed by atoms with E-state index >= 15 is 0 Å². The van der Waals surface area contributed by atoms with E-state index in [4.69, 9.17) is 0 Å². The van der Waals surface area contributed by atoms with Crippen LogP contribution in [0.5, 0.6) is 0 Å². The number of rotatable bonds is 4. The van der Waals surface area contributed by atoms with Crippen LogP contribution in [-0.2, 0) is 19.4 Å². The van der Waals surface area contributed by atoms with Gasteiger partial charge >= 0.3 is 0 Å². The fourth-order valence-corrected chi connectivity index (χ4v) is 4.98. The molecule has 1 aliphatic rings. The van der Waals surface area contributed by atoms with Gasteiger partial charge in [-0.1, -0.05) is 24.3 Å². The SMILES string of the molecule is O=C(Cn1cnc2scc(-c3ccc(F)cc3)c2c1=O)c1ccc2c(c1)CCCC2. The second-order valence-electron chi connectivity index (χ2n) is 7.63. The van der Waals surface area contributed by atoms with Crippen molar-refractivity contribution in [1.82, 2.24) is 9.55 Å². The number of carbonyl (C=O) groups is 1. The van der Waals surface area contributed by atoms with Crippen molar-refractivity contribution < 1.29 is 9.18 Å². The van der Waals surface area contributed by atoms with Crippen LogP contribution in [0.15, 0.2) is 59.0 Å². The zero-order valence-corrected chi connectivity index (χ0v) is 17.0. The predicted octanol–water partition coefficient (Wildman–Crippen LogP) is 5.03. The van der Waals surface area contributed by atoms with Gasteiger partial charge in [-0.05, 0) is 60.6 Å². The molecule has 0 atom stereocenters. The summed E-state index contributed by atoms with van der Waals surface area (Å²) in [6.07, 6.45) is 5.84. The average Bonchev–Trinajstić information content (AvgIpc) is 3.21. The topological polar surface area (TPSA) is 52.0 Å². The number of halogens is 1. The van der Waals surface area contributed by atoms with E-state index in [1.54, 1.807) is 12.1 Å². The molecule has 4 nitrogen and oxygen atoms in total. The molecule has 0 spiro atoms. The lowest BCUT2D eigenvalue weighted by Crippen LogP contribution is -2.24. The monoisotopic (exact) mass is 418 g/mol. The second kappa shape index (κ2) is 7.61. The Hall–Kier alpha value is -3.12. The Labute approximate surface area is 176 Å². The molecule has 6 heteroatoms. The zero-order valence-electron chi connectivity index (χ0n) is 16.2. The first-order chi connectivity index (χ1) is 14.6. The molecule has 1 aliphatic carbocycles. The largest absolute Gasteiger partial charge is 0.292 e. The third-order valence-corrected chi connectivity index (χ3v) is 6.59. The highest BCUT2D eigenvalue weighted by molar-refractivity contribution is 7.17. The number of carbonyl (C=O) groups excluding carboxylic acids is 1. The number of aromatic nitrogens is 2. The van der Waals surface area contributed by atoms with E-state index in [-0.39, 0.29) is 23.7 Å². The minimum absolute atomic E-state index is 0.0563. The summed E-state index contributed by atoms with van der Waals surface area (Å²) in [5.41, 5.74) is 4.40. The van der Waals surface area contributed by atoms with E-state index in [0.29, 0.717) is 21.3 Å². The summed E-state index contributed by atoms with van der Waals surface area (Å²) in [6, 6.07) is 11.9. The van der Waals surface area contributed by atoms with Crippen LogP contribution in [0.4, 0.5) is 4.39 Å². The standard InChI is InChI=1S/C24H19FN2O2S/c25-19-9-7-16(8-10-19)20-13-30-23-22(20)24(29)27(14-26-23)12-21(28)18-6-5-15-3-1-2-4-17(15)11-18/h5-11,13-14H,1-4,12H2. The maximum absolute atomic E-state index is 13.3. The van der Waals surface area contributed by atoms with Gasteiger partial charge in [0.2, 0.25) is 0 Å². The third kappa shape index (κ3) is 3.37. The lowest BCUT2D eigenvalue weighted by Gasteiger charge is -2.16. The number of benzene rings is 2. The van der Waals surface area contributed by atoms with Crippen molar-refractivity contribution in [2.75, 3.05) is 0 Å². The van der Waals surface area contributed by atoms with Crippen molar-refractivity contribution in [3.63, 3.8) is 0 Å². The van der Waals surface area contributed by atoms with Crippen LogP contribution in [-0.4, -0.2) is 15.3 Å². The van der Waals surface area contributed by atoms with E-state index in [2.05, 4.69) is 4.98 Å². The number of Topliss-reactive ketones (excluding diaryl/α,β-unsaturated/α-hetero) is 1. The van der Waals surface area contributed by atoms with Crippen molar-refractivity contribution >= 4 is 27.3 Å². The summed E-state index contributed by atoms with van der Waals surface area (Å²) in [6.45, 7) is -0.0563. The van der Waals surface area contributed by atoms with Gasteiger partial charge in [0, 0.05) is 16.5 Å². The summed E-state index contributed by atoms with van der Waals surface area (Å²) in [5, 5.41) is 2.31. The molecule has 2 heterocycles. The number of fused-ring (bicyclic) bond motifs is 2. The molecular weight excluding hydrogens is 399 g/mol. The molecule has 150 valence electrons. The number of hydrogen-bond donors (Lipinski definition) is 0. The highest BCUT2D eigenvalue weighted by Gasteiger charge is 2.17. The first-order valence-electron chi connectivity index (χ1n) is 9.98. The van der Waals surface area contributed by atoms with Crippen LogP contribution in [0.1, 0.15) is 34.3 Å². The molecule has 0 saturated heterocycles. The zero-order chi connectivity index (χ0) is 20.7. The van der Waals surface area contributed by atoms with Gasteiger partial charge in [-0.15, -0.1) is 11.3 Å². The molecule has 0 fully saturated rings. The fraction of sp³-hybridized carbons (Fsp3) is 0.208. The fourth-order valence-electron chi connectivity index (χ4n) is 4.07. The Bertz CT molecular complexity index is 1320. The van der Waals surface area contributed by atoms with Crippen molar-refractivity contribution in [2.45, 2.75) is 32.2 Å². The van der Waals surface area contributed by atoms with E-state index in [9.17, 15) is 14.0 Å². The Kier molecular flexibility index (Phi) is 4.79. The van der Waals surface area contributed by atoms with Gasteiger partial charge in [-0.3, -0.25) is 14.2 Å². The number of hydrogen-bond acceptors (Lipinski definition) is 4. The number of thiophene rings is 1. The van der Waals surface area contributed by atoms with Gasteiger partial charge in [0.15, 0.2) is 5.78 Å².